The normalized spacial score (nSPS) is 12.0. The van der Waals surface area contributed by atoms with Crippen molar-refractivity contribution in [2.45, 2.75) is 19.3 Å². The summed E-state index contributed by atoms with van der Waals surface area (Å²) >= 11 is 11.6. The summed E-state index contributed by atoms with van der Waals surface area (Å²) in [6.45, 7) is 2.51. The Kier molecular flexibility index (Phi) is 5.81. The Morgan fingerprint density at radius 1 is 1.18 bits per heavy atom. The van der Waals surface area contributed by atoms with Crippen LogP contribution in [0.1, 0.15) is 35.2 Å². The molecule has 0 aliphatic heterocycles. The fourth-order valence-electron chi connectivity index (χ4n) is 2.23. The lowest BCUT2D eigenvalue weighted by Crippen LogP contribution is -2.28. The molecule has 0 aliphatic carbocycles. The van der Waals surface area contributed by atoms with Crippen LogP contribution in [-0.4, -0.2) is 12.5 Å². The maximum Gasteiger partial charge on any atom is 0.252 e. The van der Waals surface area contributed by atoms with Crippen molar-refractivity contribution >= 4 is 29.1 Å². The van der Waals surface area contributed by atoms with Gasteiger partial charge in [-0.1, -0.05) is 60.5 Å². The molecule has 0 bridgehead atoms. The highest BCUT2D eigenvalue weighted by Gasteiger charge is 2.16. The summed E-state index contributed by atoms with van der Waals surface area (Å²) in [5, 5.41) is 2.84. The van der Waals surface area contributed by atoms with Gasteiger partial charge in [0.15, 0.2) is 0 Å². The van der Waals surface area contributed by atoms with Crippen molar-refractivity contribution in [3.63, 3.8) is 0 Å². The van der Waals surface area contributed by atoms with Crippen molar-refractivity contribution in [2.24, 2.45) is 0 Å². The monoisotopic (exact) mass is 339 g/mol. The van der Waals surface area contributed by atoms with Crippen LogP contribution >= 0.6 is 23.2 Å². The molecule has 0 saturated heterocycles. The van der Waals surface area contributed by atoms with E-state index in [0.29, 0.717) is 6.54 Å². The molecule has 0 fully saturated rings. The molecule has 0 aliphatic rings. The molecular formula is C17H16Cl2FNO. The molecule has 0 radical (unpaired) electrons. The Balaban J connectivity index is 2.08. The van der Waals surface area contributed by atoms with Crippen LogP contribution in [0.4, 0.5) is 4.39 Å². The summed E-state index contributed by atoms with van der Waals surface area (Å²) in [6, 6.07) is 12.2. The molecule has 0 unspecified atom stereocenters. The van der Waals surface area contributed by atoms with Gasteiger partial charge < -0.3 is 5.32 Å². The minimum atomic E-state index is -0.661. The average Bonchev–Trinajstić information content (AvgIpc) is 2.52. The Morgan fingerprint density at radius 3 is 2.50 bits per heavy atom. The number of hydrogen-bond donors (Lipinski definition) is 1. The molecule has 0 spiro atoms. The van der Waals surface area contributed by atoms with Gasteiger partial charge in [0.2, 0.25) is 0 Å². The Hall–Kier alpha value is -1.58. The highest BCUT2D eigenvalue weighted by Crippen LogP contribution is 2.24. The highest BCUT2D eigenvalue weighted by atomic mass is 35.5. The molecular weight excluding hydrogens is 324 g/mol. The Bertz CT molecular complexity index is 661. The zero-order chi connectivity index (χ0) is 16.1. The van der Waals surface area contributed by atoms with E-state index in [1.54, 1.807) is 0 Å². The quantitative estimate of drug-likeness (QED) is 0.758. The van der Waals surface area contributed by atoms with Gasteiger partial charge in [-0.15, -0.1) is 0 Å². The second kappa shape index (κ2) is 7.61. The third-order valence-electron chi connectivity index (χ3n) is 3.53. The number of carbonyl (C=O) groups excluding carboxylic acids is 1. The van der Waals surface area contributed by atoms with E-state index in [4.69, 9.17) is 23.2 Å². The van der Waals surface area contributed by atoms with Gasteiger partial charge in [-0.25, -0.2) is 4.39 Å². The molecule has 0 heterocycles. The minimum absolute atomic E-state index is 0.0893. The van der Waals surface area contributed by atoms with Crippen LogP contribution in [0.5, 0.6) is 0 Å². The van der Waals surface area contributed by atoms with Gasteiger partial charge in [-0.3, -0.25) is 4.79 Å². The van der Waals surface area contributed by atoms with Gasteiger partial charge in [-0.05, 0) is 24.1 Å². The second-order valence-corrected chi connectivity index (χ2v) is 5.79. The van der Waals surface area contributed by atoms with E-state index in [-0.39, 0.29) is 21.5 Å². The standard InChI is InChI=1S/C17H16Cl2FNO/c1-2-11(12-6-4-3-5-7-12)10-21-17(22)13-8-16(20)15(19)9-14(13)18/h3-9,11H,2,10H2,1H3,(H,21,22)/t11-/m0/s1. The number of rotatable bonds is 5. The van der Waals surface area contributed by atoms with Gasteiger partial charge >= 0.3 is 0 Å². The predicted molar refractivity (Wildman–Crippen MR) is 88.2 cm³/mol. The van der Waals surface area contributed by atoms with Crippen LogP contribution in [0.15, 0.2) is 42.5 Å². The van der Waals surface area contributed by atoms with E-state index in [0.717, 1.165) is 18.1 Å². The number of hydrogen-bond acceptors (Lipinski definition) is 1. The lowest BCUT2D eigenvalue weighted by molar-refractivity contribution is 0.0950. The molecule has 0 saturated carbocycles. The number of benzene rings is 2. The summed E-state index contributed by atoms with van der Waals surface area (Å²) in [5.41, 5.74) is 1.24. The fraction of sp³-hybridized carbons (Fsp3) is 0.235. The van der Waals surface area contributed by atoms with E-state index in [2.05, 4.69) is 12.2 Å². The fourth-order valence-corrected chi connectivity index (χ4v) is 2.70. The van der Waals surface area contributed by atoms with Crippen molar-refractivity contribution in [3.8, 4) is 0 Å². The van der Waals surface area contributed by atoms with Crippen LogP contribution in [0, 0.1) is 5.82 Å². The molecule has 2 rings (SSSR count). The van der Waals surface area contributed by atoms with E-state index in [1.807, 2.05) is 30.3 Å². The summed E-state index contributed by atoms with van der Waals surface area (Å²) in [7, 11) is 0. The maximum atomic E-state index is 13.5. The lowest BCUT2D eigenvalue weighted by Gasteiger charge is -2.16. The van der Waals surface area contributed by atoms with Gasteiger partial charge in [0.1, 0.15) is 5.82 Å². The first-order valence-corrected chi connectivity index (χ1v) is 7.76. The molecule has 0 aromatic heterocycles. The van der Waals surface area contributed by atoms with E-state index in [9.17, 15) is 9.18 Å². The predicted octanol–water partition coefficient (Wildman–Crippen LogP) is 5.06. The SMILES string of the molecule is CC[C@@H](CNC(=O)c1cc(F)c(Cl)cc1Cl)c1ccccc1. The largest absolute Gasteiger partial charge is 0.351 e. The van der Waals surface area contributed by atoms with E-state index < -0.39 is 11.7 Å². The zero-order valence-corrected chi connectivity index (χ0v) is 13.6. The van der Waals surface area contributed by atoms with Crippen molar-refractivity contribution in [2.75, 3.05) is 6.54 Å². The third kappa shape index (κ3) is 3.99. The molecule has 2 aromatic rings. The summed E-state index contributed by atoms with van der Waals surface area (Å²) < 4.78 is 13.5. The van der Waals surface area contributed by atoms with Gasteiger partial charge in [0.25, 0.3) is 5.91 Å². The van der Waals surface area contributed by atoms with Gasteiger partial charge in [0, 0.05) is 12.5 Å². The van der Waals surface area contributed by atoms with Crippen molar-refractivity contribution in [1.82, 2.24) is 5.32 Å². The first-order chi connectivity index (χ1) is 10.5. The molecule has 1 atom stereocenters. The summed E-state index contributed by atoms with van der Waals surface area (Å²) in [5.74, 6) is -0.873. The van der Waals surface area contributed by atoms with E-state index in [1.165, 1.54) is 6.07 Å². The maximum absolute atomic E-state index is 13.5. The van der Waals surface area contributed by atoms with E-state index >= 15 is 0 Å². The molecule has 1 N–H and O–H groups in total. The number of carbonyl (C=O) groups is 1. The third-order valence-corrected chi connectivity index (χ3v) is 4.13. The van der Waals surface area contributed by atoms with Crippen LogP contribution < -0.4 is 5.32 Å². The number of nitrogens with one attached hydrogen (secondary N) is 1. The highest BCUT2D eigenvalue weighted by molar-refractivity contribution is 6.36. The summed E-state index contributed by atoms with van der Waals surface area (Å²) in [4.78, 5) is 12.2. The first-order valence-electron chi connectivity index (χ1n) is 7.00. The molecule has 2 aromatic carbocycles. The lowest BCUT2D eigenvalue weighted by atomic mass is 9.96. The van der Waals surface area contributed by atoms with Crippen LogP contribution in [0.2, 0.25) is 10.0 Å². The van der Waals surface area contributed by atoms with Gasteiger partial charge in [0.05, 0.1) is 15.6 Å². The van der Waals surface area contributed by atoms with Crippen molar-refractivity contribution in [1.29, 1.82) is 0 Å². The number of halogens is 3. The average molecular weight is 340 g/mol. The smallest absolute Gasteiger partial charge is 0.252 e. The molecule has 2 nitrogen and oxygen atoms in total. The molecule has 5 heteroatoms. The van der Waals surface area contributed by atoms with Crippen LogP contribution in [0.25, 0.3) is 0 Å². The van der Waals surface area contributed by atoms with Crippen molar-refractivity contribution in [3.05, 3.63) is 69.5 Å². The van der Waals surface area contributed by atoms with Crippen LogP contribution in [-0.2, 0) is 0 Å². The summed E-state index contributed by atoms with van der Waals surface area (Å²) in [6.07, 6.45) is 0.882. The Morgan fingerprint density at radius 2 is 1.86 bits per heavy atom. The first kappa shape index (κ1) is 16.8. The minimum Gasteiger partial charge on any atom is -0.351 e. The molecule has 116 valence electrons. The number of amides is 1. The zero-order valence-electron chi connectivity index (χ0n) is 12.1. The van der Waals surface area contributed by atoms with Crippen LogP contribution in [0.3, 0.4) is 0 Å². The molecule has 22 heavy (non-hydrogen) atoms. The Labute approximate surface area is 139 Å². The van der Waals surface area contributed by atoms with Gasteiger partial charge in [-0.2, -0.15) is 0 Å². The topological polar surface area (TPSA) is 29.1 Å². The molecule has 1 amide bonds. The van der Waals surface area contributed by atoms with Crippen molar-refractivity contribution < 1.29 is 9.18 Å². The second-order valence-electron chi connectivity index (χ2n) is 4.97.